The first-order valence-corrected chi connectivity index (χ1v) is 7.26. The Morgan fingerprint density at radius 1 is 1.32 bits per heavy atom. The van der Waals surface area contributed by atoms with Crippen LogP contribution in [0.5, 0.6) is 0 Å². The van der Waals surface area contributed by atoms with E-state index in [0.717, 1.165) is 18.6 Å². The third kappa shape index (κ3) is 4.10. The summed E-state index contributed by atoms with van der Waals surface area (Å²) < 4.78 is 5.33. The lowest BCUT2D eigenvalue weighted by molar-refractivity contribution is -0.123. The summed E-state index contributed by atoms with van der Waals surface area (Å²) in [5.74, 6) is 0.947. The van der Waals surface area contributed by atoms with Gasteiger partial charge < -0.3 is 9.73 Å². The number of rotatable bonds is 5. The van der Waals surface area contributed by atoms with Crippen molar-refractivity contribution in [2.75, 3.05) is 0 Å². The van der Waals surface area contributed by atoms with Gasteiger partial charge in [-0.2, -0.15) is 0 Å². The first-order valence-electron chi connectivity index (χ1n) is 7.26. The molecule has 1 unspecified atom stereocenters. The Bertz CT molecular complexity index is 383. The Labute approximate surface area is 114 Å². The molecule has 1 aliphatic carbocycles. The smallest absolute Gasteiger partial charge is 0.237 e. The van der Waals surface area contributed by atoms with Crippen LogP contribution in [-0.2, 0) is 4.79 Å². The van der Waals surface area contributed by atoms with E-state index >= 15 is 0 Å². The van der Waals surface area contributed by atoms with E-state index < -0.39 is 0 Å². The highest BCUT2D eigenvalue weighted by Crippen LogP contribution is 2.18. The Hall–Kier alpha value is -1.29. The molecular formula is C15H24N2O2. The van der Waals surface area contributed by atoms with E-state index in [9.17, 15) is 4.79 Å². The number of furan rings is 1. The van der Waals surface area contributed by atoms with Gasteiger partial charge in [-0.15, -0.1) is 0 Å². The number of nitrogens with one attached hydrogen (secondary N) is 2. The molecule has 19 heavy (non-hydrogen) atoms. The molecule has 0 saturated heterocycles. The lowest BCUT2D eigenvalue weighted by Gasteiger charge is -2.25. The molecule has 2 rings (SSSR count). The first kappa shape index (κ1) is 14.1. The lowest BCUT2D eigenvalue weighted by Crippen LogP contribution is -2.47. The zero-order valence-electron chi connectivity index (χ0n) is 11.8. The predicted octanol–water partition coefficient (Wildman–Crippen LogP) is 2.77. The molecule has 1 fully saturated rings. The fourth-order valence-electron chi connectivity index (χ4n) is 2.64. The Balaban J connectivity index is 1.78. The standard InChI is InChI=1S/C15H24N2O2/c1-11(14-9-6-10-19-14)16-12(2)15(18)17-13-7-4-3-5-8-13/h6,9-13,16H,3-5,7-8H2,1-2H3,(H,17,18)/t11-,12?/m0/s1. The van der Waals surface area contributed by atoms with Crippen LogP contribution in [0.1, 0.15) is 57.8 Å². The average molecular weight is 264 g/mol. The van der Waals surface area contributed by atoms with Crippen molar-refractivity contribution in [1.29, 1.82) is 0 Å². The molecule has 1 heterocycles. The highest BCUT2D eigenvalue weighted by molar-refractivity contribution is 5.81. The van der Waals surface area contributed by atoms with E-state index in [1.807, 2.05) is 26.0 Å². The topological polar surface area (TPSA) is 54.3 Å². The number of carbonyl (C=O) groups excluding carboxylic acids is 1. The number of amides is 1. The van der Waals surface area contributed by atoms with E-state index in [0.29, 0.717) is 6.04 Å². The molecule has 106 valence electrons. The van der Waals surface area contributed by atoms with Gasteiger partial charge in [0, 0.05) is 6.04 Å². The summed E-state index contributed by atoms with van der Waals surface area (Å²) in [7, 11) is 0. The van der Waals surface area contributed by atoms with Crippen LogP contribution in [0.2, 0.25) is 0 Å². The summed E-state index contributed by atoms with van der Waals surface area (Å²) in [6, 6.07) is 3.98. The number of hydrogen-bond acceptors (Lipinski definition) is 3. The average Bonchev–Trinajstić information content (AvgIpc) is 2.93. The third-order valence-corrected chi connectivity index (χ3v) is 3.81. The van der Waals surface area contributed by atoms with Crippen LogP contribution in [0.25, 0.3) is 0 Å². The highest BCUT2D eigenvalue weighted by atomic mass is 16.3. The van der Waals surface area contributed by atoms with Gasteiger partial charge in [-0.05, 0) is 38.8 Å². The van der Waals surface area contributed by atoms with Crippen molar-refractivity contribution >= 4 is 5.91 Å². The molecule has 1 aliphatic rings. The molecular weight excluding hydrogens is 240 g/mol. The van der Waals surface area contributed by atoms with Crippen molar-refractivity contribution in [1.82, 2.24) is 10.6 Å². The lowest BCUT2D eigenvalue weighted by atomic mass is 9.95. The van der Waals surface area contributed by atoms with Crippen molar-refractivity contribution in [3.05, 3.63) is 24.2 Å². The highest BCUT2D eigenvalue weighted by Gasteiger charge is 2.21. The summed E-state index contributed by atoms with van der Waals surface area (Å²) in [5, 5.41) is 6.40. The second-order valence-corrected chi connectivity index (χ2v) is 5.47. The van der Waals surface area contributed by atoms with Crippen molar-refractivity contribution in [2.45, 2.75) is 64.1 Å². The quantitative estimate of drug-likeness (QED) is 0.860. The van der Waals surface area contributed by atoms with Gasteiger partial charge in [-0.3, -0.25) is 10.1 Å². The van der Waals surface area contributed by atoms with Gasteiger partial charge in [0.1, 0.15) is 5.76 Å². The Morgan fingerprint density at radius 3 is 2.68 bits per heavy atom. The molecule has 2 atom stereocenters. The van der Waals surface area contributed by atoms with Gasteiger partial charge in [-0.25, -0.2) is 0 Å². The van der Waals surface area contributed by atoms with Crippen LogP contribution in [0.3, 0.4) is 0 Å². The molecule has 0 aromatic carbocycles. The molecule has 4 heteroatoms. The normalized spacial score (nSPS) is 19.9. The molecule has 1 aromatic heterocycles. The van der Waals surface area contributed by atoms with Gasteiger partial charge in [-0.1, -0.05) is 19.3 Å². The largest absolute Gasteiger partial charge is 0.468 e. The summed E-state index contributed by atoms with van der Waals surface area (Å²) in [5.41, 5.74) is 0. The fraction of sp³-hybridized carbons (Fsp3) is 0.667. The molecule has 4 nitrogen and oxygen atoms in total. The van der Waals surface area contributed by atoms with Crippen LogP contribution < -0.4 is 10.6 Å². The summed E-state index contributed by atoms with van der Waals surface area (Å²) in [6.45, 7) is 3.90. The third-order valence-electron chi connectivity index (χ3n) is 3.81. The Morgan fingerprint density at radius 2 is 2.05 bits per heavy atom. The zero-order valence-corrected chi connectivity index (χ0v) is 11.8. The molecule has 1 saturated carbocycles. The van der Waals surface area contributed by atoms with Gasteiger partial charge in [0.15, 0.2) is 0 Å². The van der Waals surface area contributed by atoms with Crippen molar-refractivity contribution in [2.24, 2.45) is 0 Å². The molecule has 0 aliphatic heterocycles. The molecule has 2 N–H and O–H groups in total. The maximum Gasteiger partial charge on any atom is 0.237 e. The molecule has 0 radical (unpaired) electrons. The van der Waals surface area contributed by atoms with Crippen molar-refractivity contribution < 1.29 is 9.21 Å². The van der Waals surface area contributed by atoms with Gasteiger partial charge >= 0.3 is 0 Å². The van der Waals surface area contributed by atoms with E-state index in [4.69, 9.17) is 4.42 Å². The van der Waals surface area contributed by atoms with E-state index in [-0.39, 0.29) is 18.0 Å². The van der Waals surface area contributed by atoms with Crippen LogP contribution in [0.15, 0.2) is 22.8 Å². The van der Waals surface area contributed by atoms with Crippen LogP contribution in [0.4, 0.5) is 0 Å². The second kappa shape index (κ2) is 6.75. The van der Waals surface area contributed by atoms with E-state index in [2.05, 4.69) is 10.6 Å². The minimum absolute atomic E-state index is 0.0436. The summed E-state index contributed by atoms with van der Waals surface area (Å²) in [6.07, 6.45) is 7.65. The van der Waals surface area contributed by atoms with Crippen LogP contribution >= 0.6 is 0 Å². The fourth-order valence-corrected chi connectivity index (χ4v) is 2.64. The predicted molar refractivity (Wildman–Crippen MR) is 74.7 cm³/mol. The van der Waals surface area contributed by atoms with Crippen molar-refractivity contribution in [3.63, 3.8) is 0 Å². The maximum atomic E-state index is 12.1. The minimum atomic E-state index is -0.206. The van der Waals surface area contributed by atoms with E-state index in [1.165, 1.54) is 19.3 Å². The van der Waals surface area contributed by atoms with E-state index in [1.54, 1.807) is 6.26 Å². The molecule has 1 aromatic rings. The van der Waals surface area contributed by atoms with Gasteiger partial charge in [0.2, 0.25) is 5.91 Å². The monoisotopic (exact) mass is 264 g/mol. The van der Waals surface area contributed by atoms with Crippen LogP contribution in [-0.4, -0.2) is 18.0 Å². The van der Waals surface area contributed by atoms with Crippen molar-refractivity contribution in [3.8, 4) is 0 Å². The first-order chi connectivity index (χ1) is 9.16. The number of hydrogen-bond donors (Lipinski definition) is 2. The molecule has 0 bridgehead atoms. The van der Waals surface area contributed by atoms with Crippen LogP contribution in [0, 0.1) is 0 Å². The zero-order chi connectivity index (χ0) is 13.7. The summed E-state index contributed by atoms with van der Waals surface area (Å²) in [4.78, 5) is 12.1. The number of carbonyl (C=O) groups is 1. The second-order valence-electron chi connectivity index (χ2n) is 5.47. The summed E-state index contributed by atoms with van der Waals surface area (Å²) >= 11 is 0. The Kier molecular flexibility index (Phi) is 5.02. The SMILES string of the molecule is CC(N[C@@H](C)c1ccco1)C(=O)NC1CCCCC1. The van der Waals surface area contributed by atoms with Gasteiger partial charge in [0.05, 0.1) is 18.3 Å². The molecule has 1 amide bonds. The minimum Gasteiger partial charge on any atom is -0.468 e. The van der Waals surface area contributed by atoms with Gasteiger partial charge in [0.25, 0.3) is 0 Å². The molecule has 0 spiro atoms. The maximum absolute atomic E-state index is 12.1.